The summed E-state index contributed by atoms with van der Waals surface area (Å²) in [5.41, 5.74) is 5.89. The Kier molecular flexibility index (Phi) is 3.64. The van der Waals surface area contributed by atoms with Crippen molar-refractivity contribution in [2.24, 2.45) is 0 Å². The summed E-state index contributed by atoms with van der Waals surface area (Å²) in [6.45, 7) is 3.78. The van der Waals surface area contributed by atoms with Crippen LogP contribution in [0, 0.1) is 6.92 Å². The fourth-order valence-corrected chi connectivity index (χ4v) is 3.83. The summed E-state index contributed by atoms with van der Waals surface area (Å²) >= 11 is 0. The first-order valence-electron chi connectivity index (χ1n) is 8.57. The second-order valence-electron chi connectivity index (χ2n) is 6.66. The van der Waals surface area contributed by atoms with Crippen LogP contribution in [0.15, 0.2) is 48.5 Å². The first kappa shape index (κ1) is 15.0. The van der Waals surface area contributed by atoms with Crippen molar-refractivity contribution >= 4 is 16.8 Å². The molecule has 1 aliphatic heterocycles. The first-order chi connectivity index (χ1) is 11.7. The number of likely N-dealkylation sites (N-methyl/N-ethyl adjacent to an activating group) is 1. The smallest absolute Gasteiger partial charge is 0.270 e. The van der Waals surface area contributed by atoms with Crippen molar-refractivity contribution in [3.05, 3.63) is 70.9 Å². The van der Waals surface area contributed by atoms with Gasteiger partial charge in [0.2, 0.25) is 0 Å². The second kappa shape index (κ2) is 5.82. The number of hydrogen-bond acceptors (Lipinski definition) is 1. The largest absolute Gasteiger partial charge is 0.340 e. The maximum Gasteiger partial charge on any atom is 0.270 e. The van der Waals surface area contributed by atoms with Crippen molar-refractivity contribution in [3.8, 4) is 0 Å². The average Bonchev–Trinajstić information content (AvgIpc) is 2.93. The van der Waals surface area contributed by atoms with Crippen molar-refractivity contribution in [2.75, 3.05) is 13.6 Å². The fraction of sp³-hybridized carbons (Fsp3) is 0.286. The van der Waals surface area contributed by atoms with Gasteiger partial charge in [-0.25, -0.2) is 0 Å². The lowest BCUT2D eigenvalue weighted by Crippen LogP contribution is -2.35. The predicted octanol–water partition coefficient (Wildman–Crippen LogP) is 3.82. The van der Waals surface area contributed by atoms with Gasteiger partial charge in [-0.1, -0.05) is 48.5 Å². The summed E-state index contributed by atoms with van der Waals surface area (Å²) < 4.78 is 2.25. The fourth-order valence-electron chi connectivity index (χ4n) is 3.83. The lowest BCUT2D eigenvalue weighted by Gasteiger charge is -2.24. The highest BCUT2D eigenvalue weighted by Gasteiger charge is 2.29. The monoisotopic (exact) mass is 318 g/mol. The van der Waals surface area contributed by atoms with E-state index >= 15 is 0 Å². The van der Waals surface area contributed by atoms with Gasteiger partial charge in [-0.15, -0.1) is 0 Å². The van der Waals surface area contributed by atoms with E-state index in [1.807, 2.05) is 18.0 Å². The molecule has 0 radical (unpaired) electrons. The normalized spacial score (nSPS) is 14.2. The maximum atomic E-state index is 12.8. The molecule has 3 nitrogen and oxygen atoms in total. The van der Waals surface area contributed by atoms with E-state index in [4.69, 9.17) is 0 Å². The number of carbonyl (C=O) groups excluding carboxylic acids is 1. The molecule has 1 aromatic heterocycles. The number of amides is 1. The standard InChI is InChI=1S/C21H22N2O/c1-15-7-6-10-17-18-12-13-22(2)21(24)20(18)23(19(15)17)14-11-16-8-4-3-5-9-16/h3-10H,11-14H2,1-2H3. The van der Waals surface area contributed by atoms with Crippen molar-refractivity contribution in [2.45, 2.75) is 26.3 Å². The molecule has 0 spiro atoms. The number of benzene rings is 2. The van der Waals surface area contributed by atoms with Crippen LogP contribution in [-0.4, -0.2) is 29.0 Å². The Hall–Kier alpha value is -2.55. The van der Waals surface area contributed by atoms with Crippen LogP contribution in [0.3, 0.4) is 0 Å². The summed E-state index contributed by atoms with van der Waals surface area (Å²) in [6, 6.07) is 16.9. The van der Waals surface area contributed by atoms with Crippen molar-refractivity contribution in [1.29, 1.82) is 0 Å². The van der Waals surface area contributed by atoms with Gasteiger partial charge >= 0.3 is 0 Å². The summed E-state index contributed by atoms with van der Waals surface area (Å²) in [5, 5.41) is 1.25. The highest BCUT2D eigenvalue weighted by atomic mass is 16.2. The van der Waals surface area contributed by atoms with Gasteiger partial charge in [-0.2, -0.15) is 0 Å². The third-order valence-corrected chi connectivity index (χ3v) is 5.10. The Bertz CT molecular complexity index is 908. The summed E-state index contributed by atoms with van der Waals surface area (Å²) in [6.07, 6.45) is 1.87. The summed E-state index contributed by atoms with van der Waals surface area (Å²) in [7, 11) is 1.90. The molecule has 2 heterocycles. The first-order valence-corrected chi connectivity index (χ1v) is 8.57. The molecule has 0 fully saturated rings. The maximum absolute atomic E-state index is 12.8. The molecule has 0 aliphatic carbocycles. The second-order valence-corrected chi connectivity index (χ2v) is 6.66. The summed E-state index contributed by atoms with van der Waals surface area (Å²) in [4.78, 5) is 14.7. The minimum Gasteiger partial charge on any atom is -0.340 e. The number of fused-ring (bicyclic) bond motifs is 3. The number of carbonyl (C=O) groups is 1. The molecule has 3 heteroatoms. The Morgan fingerprint density at radius 3 is 2.62 bits per heavy atom. The van der Waals surface area contributed by atoms with Crippen LogP contribution < -0.4 is 0 Å². The predicted molar refractivity (Wildman–Crippen MR) is 97.5 cm³/mol. The van der Waals surface area contributed by atoms with Crippen LogP contribution >= 0.6 is 0 Å². The molecule has 24 heavy (non-hydrogen) atoms. The number of hydrogen-bond donors (Lipinski definition) is 0. The molecule has 0 N–H and O–H groups in total. The zero-order valence-electron chi connectivity index (χ0n) is 14.2. The van der Waals surface area contributed by atoms with Crippen molar-refractivity contribution in [3.63, 3.8) is 0 Å². The van der Waals surface area contributed by atoms with Crippen LogP contribution in [0.5, 0.6) is 0 Å². The third kappa shape index (κ3) is 2.32. The van der Waals surface area contributed by atoms with Crippen LogP contribution in [0.2, 0.25) is 0 Å². The number of nitrogens with zero attached hydrogens (tertiary/aromatic N) is 2. The molecule has 122 valence electrons. The van der Waals surface area contributed by atoms with Gasteiger partial charge in [-0.3, -0.25) is 4.79 Å². The highest BCUT2D eigenvalue weighted by Crippen LogP contribution is 2.32. The topological polar surface area (TPSA) is 25.2 Å². The Balaban J connectivity index is 1.85. The zero-order chi connectivity index (χ0) is 16.7. The molecular formula is C21H22N2O. The van der Waals surface area contributed by atoms with Gasteiger partial charge in [0.1, 0.15) is 5.69 Å². The van der Waals surface area contributed by atoms with Gasteiger partial charge in [0, 0.05) is 25.5 Å². The molecule has 2 aromatic carbocycles. The van der Waals surface area contributed by atoms with Gasteiger partial charge in [0.05, 0.1) is 5.52 Å². The van der Waals surface area contributed by atoms with E-state index in [1.54, 1.807) is 0 Å². The lowest BCUT2D eigenvalue weighted by molar-refractivity contribution is 0.0770. The van der Waals surface area contributed by atoms with Crippen LogP contribution in [0.25, 0.3) is 10.9 Å². The molecule has 0 saturated carbocycles. The van der Waals surface area contributed by atoms with E-state index in [9.17, 15) is 4.79 Å². The molecule has 1 aliphatic rings. The minimum atomic E-state index is 0.153. The number of aromatic nitrogens is 1. The molecule has 4 rings (SSSR count). The Labute approximate surface area is 142 Å². The number of rotatable bonds is 3. The highest BCUT2D eigenvalue weighted by molar-refractivity contribution is 6.03. The average molecular weight is 318 g/mol. The van der Waals surface area contributed by atoms with E-state index < -0.39 is 0 Å². The molecular weight excluding hydrogens is 296 g/mol. The van der Waals surface area contributed by atoms with Crippen molar-refractivity contribution in [1.82, 2.24) is 9.47 Å². The van der Waals surface area contributed by atoms with E-state index in [0.717, 1.165) is 31.6 Å². The molecule has 0 unspecified atom stereocenters. The third-order valence-electron chi connectivity index (χ3n) is 5.10. The van der Waals surface area contributed by atoms with E-state index in [1.165, 1.54) is 27.6 Å². The quantitative estimate of drug-likeness (QED) is 0.721. The molecule has 1 amide bonds. The Morgan fingerprint density at radius 1 is 1.04 bits per heavy atom. The SMILES string of the molecule is Cc1cccc2c3c(n(CCc4ccccc4)c12)C(=O)N(C)CC3. The van der Waals surface area contributed by atoms with E-state index in [2.05, 4.69) is 54.0 Å². The minimum absolute atomic E-state index is 0.153. The molecule has 0 saturated heterocycles. The Morgan fingerprint density at radius 2 is 1.83 bits per heavy atom. The van der Waals surface area contributed by atoms with E-state index in [0.29, 0.717) is 0 Å². The van der Waals surface area contributed by atoms with Crippen LogP contribution in [-0.2, 0) is 19.4 Å². The van der Waals surface area contributed by atoms with Crippen molar-refractivity contribution < 1.29 is 4.79 Å². The zero-order valence-corrected chi connectivity index (χ0v) is 14.2. The van der Waals surface area contributed by atoms with Gasteiger partial charge < -0.3 is 9.47 Å². The van der Waals surface area contributed by atoms with Gasteiger partial charge in [0.15, 0.2) is 0 Å². The molecule has 0 atom stereocenters. The number of para-hydroxylation sites is 1. The summed E-state index contributed by atoms with van der Waals surface area (Å²) in [5.74, 6) is 0.153. The molecule has 3 aromatic rings. The number of aryl methyl sites for hydroxylation is 3. The van der Waals surface area contributed by atoms with Crippen LogP contribution in [0.4, 0.5) is 0 Å². The van der Waals surface area contributed by atoms with Gasteiger partial charge in [0.25, 0.3) is 5.91 Å². The molecule has 0 bridgehead atoms. The van der Waals surface area contributed by atoms with Gasteiger partial charge in [-0.05, 0) is 36.5 Å². The van der Waals surface area contributed by atoms with Crippen LogP contribution in [0.1, 0.15) is 27.2 Å². The lowest BCUT2D eigenvalue weighted by atomic mass is 10.0. The van der Waals surface area contributed by atoms with E-state index in [-0.39, 0.29) is 5.91 Å².